The number of piperazine rings is 1. The molecule has 3 aliphatic heterocycles. The number of ether oxygens (including phenoxy) is 1. The highest BCUT2D eigenvalue weighted by Gasteiger charge is 2.45. The number of nitrogen functional groups attached to an aromatic ring is 1. The van der Waals surface area contributed by atoms with Crippen molar-refractivity contribution >= 4 is 52.4 Å². The smallest absolute Gasteiger partial charge is 0.254 e. The number of thiazole rings is 1. The number of phenolic OH excluding ortho intramolecular Hbond substituents is 1. The van der Waals surface area contributed by atoms with E-state index in [4.69, 9.17) is 10.5 Å². The van der Waals surface area contributed by atoms with Crippen molar-refractivity contribution in [2.45, 2.75) is 123 Å². The predicted octanol–water partition coefficient (Wildman–Crippen LogP) is 6.91. The maximum absolute atomic E-state index is 14.1. The van der Waals surface area contributed by atoms with Gasteiger partial charge in [0.15, 0.2) is 5.82 Å². The topological polar surface area (TPSA) is 237 Å². The maximum atomic E-state index is 14.1. The summed E-state index contributed by atoms with van der Waals surface area (Å²) in [7, 11) is 0. The van der Waals surface area contributed by atoms with Gasteiger partial charge in [-0.25, -0.2) is 4.98 Å². The molecular weight excluding hydrogens is 985 g/mol. The van der Waals surface area contributed by atoms with E-state index in [9.17, 15) is 34.2 Å². The molecule has 0 radical (unpaired) electrons. The van der Waals surface area contributed by atoms with Crippen LogP contribution >= 0.6 is 11.3 Å². The number of rotatable bonds is 20. The van der Waals surface area contributed by atoms with E-state index in [1.54, 1.807) is 46.6 Å². The van der Waals surface area contributed by atoms with Crippen LogP contribution in [0.2, 0.25) is 0 Å². The Balaban J connectivity index is 0.697. The van der Waals surface area contributed by atoms with Crippen LogP contribution in [-0.4, -0.2) is 140 Å². The summed E-state index contributed by atoms with van der Waals surface area (Å²) in [6, 6.07) is 21.8. The minimum Gasteiger partial charge on any atom is -0.507 e. The fraction of sp³-hybridized carbons (Fsp3) is 0.474. The van der Waals surface area contributed by atoms with Gasteiger partial charge < -0.3 is 50.9 Å². The minimum atomic E-state index is -0.891. The highest BCUT2D eigenvalue weighted by molar-refractivity contribution is 7.13. The summed E-state index contributed by atoms with van der Waals surface area (Å²) in [5.74, 6) is -0.0109. The van der Waals surface area contributed by atoms with Gasteiger partial charge >= 0.3 is 0 Å². The summed E-state index contributed by atoms with van der Waals surface area (Å²) in [5, 5.41) is 35.3. The zero-order valence-electron chi connectivity index (χ0n) is 44.2. The number of aryl methyl sites for hydroxylation is 1. The quantitative estimate of drug-likeness (QED) is 0.0499. The fourth-order valence-corrected chi connectivity index (χ4v) is 10.9. The SMILES string of the molecule is Cc1ncsc1-c1ccc(C(C)NC(=O)[C@@H]2C[C@@H](O)CN2C(=O)C(NC(=O)CCCCCCCCC(=O)N2CCN(C(=O)c3cccc(OC4CN(c5cc(-c6ccccc6O)nnc5N)C4)c3)CC2)C(C)(C)C)cc1. The van der Waals surface area contributed by atoms with Crippen molar-refractivity contribution in [1.29, 1.82) is 0 Å². The monoisotopic (exact) mass is 1060 g/mol. The number of phenols is 1. The van der Waals surface area contributed by atoms with Gasteiger partial charge in [0.05, 0.1) is 52.7 Å². The largest absolute Gasteiger partial charge is 0.507 e. The van der Waals surface area contributed by atoms with Crippen LogP contribution in [0.4, 0.5) is 11.5 Å². The van der Waals surface area contributed by atoms with Gasteiger partial charge in [0.25, 0.3) is 5.91 Å². The van der Waals surface area contributed by atoms with Crippen molar-refractivity contribution in [3.63, 3.8) is 0 Å². The molecule has 19 heteroatoms. The van der Waals surface area contributed by atoms with E-state index in [0.29, 0.717) is 80.4 Å². The van der Waals surface area contributed by atoms with E-state index in [0.717, 1.165) is 53.8 Å². The number of carbonyl (C=O) groups excluding carboxylic acids is 5. The standard InChI is InChI=1S/C57H72N10O8S/c1-36(38-21-23-39(24-22-38)51-37(2)59-35-76-51)60-54(72)47-30-41(68)32-67(47)56(74)52(57(3,4)5)61-49(70)19-10-8-6-7-9-11-20-50(71)64-25-27-65(28-26-64)55(73)40-15-14-16-42(29-40)75-43-33-66(34-43)46-31-45(62-63-53(46)58)44-17-12-13-18-48(44)69/h12-18,21-24,29,31,35-36,41,43,47,52,68-69H,6-11,19-20,25-28,30,32-34H2,1-5H3,(H2,58,63)(H,60,72)(H,61,70)/t36?,41-,47+,52?/m1/s1. The van der Waals surface area contributed by atoms with Gasteiger partial charge in [-0.1, -0.05) is 88.9 Å². The number of para-hydroxylation sites is 1. The summed E-state index contributed by atoms with van der Waals surface area (Å²) in [6.45, 7) is 12.4. The molecule has 404 valence electrons. The number of β-amino-alcohol motifs (C(OH)–C–C–N with tert-alkyl or cyclic N) is 1. The number of benzene rings is 3. The molecule has 4 atom stereocenters. The second kappa shape index (κ2) is 24.7. The number of likely N-dealkylation sites (tertiary alicyclic amines) is 1. The molecule has 76 heavy (non-hydrogen) atoms. The Morgan fingerprint density at radius 2 is 1.51 bits per heavy atom. The number of carbonyl (C=O) groups is 5. The second-order valence-corrected chi connectivity index (χ2v) is 22.2. The normalized spacial score (nSPS) is 17.7. The molecule has 2 aromatic heterocycles. The lowest BCUT2D eigenvalue weighted by Gasteiger charge is -2.41. The average Bonchev–Trinajstić information content (AvgIpc) is 4.02. The highest BCUT2D eigenvalue weighted by atomic mass is 32.1. The van der Waals surface area contributed by atoms with Crippen LogP contribution in [0.25, 0.3) is 21.7 Å². The number of aromatic hydroxyl groups is 1. The number of nitrogens with two attached hydrogens (primary N) is 1. The van der Waals surface area contributed by atoms with E-state index in [1.165, 1.54) is 4.90 Å². The van der Waals surface area contributed by atoms with E-state index >= 15 is 0 Å². The molecule has 5 aromatic rings. The molecule has 6 N–H and O–H groups in total. The molecular formula is C57H72N10O8S. The van der Waals surface area contributed by atoms with E-state index in [1.807, 2.05) is 98.5 Å². The lowest BCUT2D eigenvalue weighted by molar-refractivity contribution is -0.144. The Morgan fingerprint density at radius 1 is 0.829 bits per heavy atom. The van der Waals surface area contributed by atoms with Gasteiger partial charge in [0.2, 0.25) is 23.6 Å². The Labute approximate surface area is 449 Å². The van der Waals surface area contributed by atoms with Crippen molar-refractivity contribution < 1.29 is 38.9 Å². The number of aromatic nitrogens is 3. The van der Waals surface area contributed by atoms with E-state index in [2.05, 4.69) is 25.8 Å². The van der Waals surface area contributed by atoms with Crippen LogP contribution < -0.4 is 26.0 Å². The maximum Gasteiger partial charge on any atom is 0.254 e. The van der Waals surface area contributed by atoms with Crippen LogP contribution in [0.3, 0.4) is 0 Å². The molecule has 3 fully saturated rings. The Kier molecular flexibility index (Phi) is 17.9. The molecule has 0 bridgehead atoms. The van der Waals surface area contributed by atoms with Crippen LogP contribution in [0.1, 0.15) is 113 Å². The first-order valence-electron chi connectivity index (χ1n) is 26.5. The van der Waals surface area contributed by atoms with Crippen molar-refractivity contribution in [3.05, 3.63) is 101 Å². The number of anilines is 2. The molecule has 3 aromatic carbocycles. The van der Waals surface area contributed by atoms with Crippen LogP contribution in [0.5, 0.6) is 11.5 Å². The van der Waals surface area contributed by atoms with Gasteiger partial charge in [-0.2, -0.15) is 0 Å². The van der Waals surface area contributed by atoms with Crippen LogP contribution in [0.15, 0.2) is 84.4 Å². The molecule has 18 nitrogen and oxygen atoms in total. The van der Waals surface area contributed by atoms with Crippen molar-refractivity contribution in [3.8, 4) is 33.2 Å². The Morgan fingerprint density at radius 3 is 2.20 bits per heavy atom. The second-order valence-electron chi connectivity index (χ2n) is 21.4. The minimum absolute atomic E-state index is 0.00570. The molecule has 5 heterocycles. The summed E-state index contributed by atoms with van der Waals surface area (Å²) < 4.78 is 6.24. The van der Waals surface area contributed by atoms with Crippen molar-refractivity contribution in [2.24, 2.45) is 5.41 Å². The fourth-order valence-electron chi connectivity index (χ4n) is 10.1. The van der Waals surface area contributed by atoms with Crippen molar-refractivity contribution in [1.82, 2.24) is 40.5 Å². The Bertz CT molecular complexity index is 2840. The first-order valence-corrected chi connectivity index (χ1v) is 27.4. The molecule has 0 aliphatic carbocycles. The number of nitrogens with zero attached hydrogens (tertiary/aromatic N) is 7. The molecule has 3 saturated heterocycles. The van der Waals surface area contributed by atoms with Crippen molar-refractivity contribution in [2.75, 3.05) is 56.4 Å². The van der Waals surface area contributed by atoms with Gasteiger partial charge in [0.1, 0.15) is 29.7 Å². The first-order chi connectivity index (χ1) is 36.4. The summed E-state index contributed by atoms with van der Waals surface area (Å²) in [5.41, 5.74) is 12.6. The van der Waals surface area contributed by atoms with Gasteiger partial charge in [-0.15, -0.1) is 21.5 Å². The van der Waals surface area contributed by atoms with Gasteiger partial charge in [0, 0.05) is 63.1 Å². The number of unbranched alkanes of at least 4 members (excludes halogenated alkanes) is 5. The zero-order chi connectivity index (χ0) is 54.1. The summed E-state index contributed by atoms with van der Waals surface area (Å²) >= 11 is 1.58. The van der Waals surface area contributed by atoms with E-state index in [-0.39, 0.29) is 72.6 Å². The summed E-state index contributed by atoms with van der Waals surface area (Å²) in [4.78, 5) is 80.3. The number of nitrogens with one attached hydrogen (secondary N) is 2. The number of amides is 5. The first kappa shape index (κ1) is 55.1. The number of aliphatic hydroxyl groups is 1. The molecule has 5 amide bonds. The van der Waals surface area contributed by atoms with Crippen LogP contribution in [0, 0.1) is 12.3 Å². The molecule has 2 unspecified atom stereocenters. The summed E-state index contributed by atoms with van der Waals surface area (Å²) in [6.07, 6.45) is 4.78. The van der Waals surface area contributed by atoms with Crippen LogP contribution in [-0.2, 0) is 19.2 Å². The predicted molar refractivity (Wildman–Crippen MR) is 292 cm³/mol. The molecule has 3 aliphatic rings. The lowest BCUT2D eigenvalue weighted by atomic mass is 9.85. The molecule has 0 spiro atoms. The molecule has 8 rings (SSSR count). The number of hydrogen-bond donors (Lipinski definition) is 5. The number of hydrogen-bond acceptors (Lipinski definition) is 14. The van der Waals surface area contributed by atoms with Gasteiger partial charge in [-0.3, -0.25) is 24.0 Å². The highest BCUT2D eigenvalue weighted by Crippen LogP contribution is 2.35. The Hall–Kier alpha value is -7.12. The van der Waals surface area contributed by atoms with E-state index < -0.39 is 23.6 Å². The third-order valence-corrected chi connectivity index (χ3v) is 15.6. The number of aliphatic hydroxyl groups excluding tert-OH is 1. The average molecular weight is 1060 g/mol. The zero-order valence-corrected chi connectivity index (χ0v) is 45.1. The lowest BCUT2D eigenvalue weighted by Crippen LogP contribution is -2.57. The third-order valence-electron chi connectivity index (χ3n) is 14.6. The molecule has 0 saturated carbocycles. The third kappa shape index (κ3) is 13.6. The van der Waals surface area contributed by atoms with Gasteiger partial charge in [-0.05, 0) is 79.6 Å².